The minimum atomic E-state index is -2.12. The normalized spacial score (nSPS) is 10.9. The highest BCUT2D eigenvalue weighted by atomic mass is 16.5. The summed E-state index contributed by atoms with van der Waals surface area (Å²) in [6, 6.07) is 32.6. The maximum Gasteiger partial charge on any atom is 0.280 e. The molecule has 0 heterocycles. The number of ether oxygens (including phenoxy) is 2. The molecule has 0 atom stereocenters. The van der Waals surface area contributed by atoms with Crippen LogP contribution in [0.25, 0.3) is 0 Å². The SMILES string of the molecule is COc1ccccc1C(O)(C(=O)NN(c1ccccc1)c1ccccc1)c1ccccc1OC. The van der Waals surface area contributed by atoms with Crippen molar-refractivity contribution in [3.05, 3.63) is 120 Å². The second-order valence-corrected chi connectivity index (χ2v) is 7.56. The number of aliphatic hydroxyl groups is 1. The lowest BCUT2D eigenvalue weighted by Crippen LogP contribution is -2.51. The quantitative estimate of drug-likeness (QED) is 0.374. The van der Waals surface area contributed by atoms with Gasteiger partial charge in [0.15, 0.2) is 0 Å². The molecule has 0 saturated carbocycles. The molecule has 0 spiro atoms. The second kappa shape index (κ2) is 10.1. The predicted octanol–water partition coefficient (Wildman–Crippen LogP) is 4.81. The van der Waals surface area contributed by atoms with Crippen LogP contribution in [-0.4, -0.2) is 25.2 Å². The third-order valence-corrected chi connectivity index (χ3v) is 5.56. The summed E-state index contributed by atoms with van der Waals surface area (Å²) >= 11 is 0. The molecule has 0 aliphatic carbocycles. The molecule has 4 aromatic carbocycles. The fourth-order valence-corrected chi connectivity index (χ4v) is 3.89. The first-order chi connectivity index (χ1) is 16.6. The van der Waals surface area contributed by atoms with Gasteiger partial charge in [0.1, 0.15) is 11.5 Å². The molecule has 0 bridgehead atoms. The number of methoxy groups -OCH3 is 2. The van der Waals surface area contributed by atoms with E-state index in [4.69, 9.17) is 9.47 Å². The maximum absolute atomic E-state index is 14.0. The Hall–Kier alpha value is -4.29. The minimum Gasteiger partial charge on any atom is -0.496 e. The van der Waals surface area contributed by atoms with Crippen LogP contribution in [-0.2, 0) is 10.4 Å². The molecule has 0 fully saturated rings. The highest BCUT2D eigenvalue weighted by Crippen LogP contribution is 2.40. The van der Waals surface area contributed by atoms with Crippen LogP contribution in [0.3, 0.4) is 0 Å². The van der Waals surface area contributed by atoms with Crippen LogP contribution in [0.2, 0.25) is 0 Å². The Kier molecular flexibility index (Phi) is 6.80. The number of nitrogens with one attached hydrogen (secondary N) is 1. The van der Waals surface area contributed by atoms with Crippen LogP contribution in [0.15, 0.2) is 109 Å². The molecule has 0 unspecified atom stereocenters. The van der Waals surface area contributed by atoms with E-state index >= 15 is 0 Å². The zero-order valence-electron chi connectivity index (χ0n) is 19.0. The number of rotatable bonds is 8. The Labute approximate surface area is 199 Å². The second-order valence-electron chi connectivity index (χ2n) is 7.56. The van der Waals surface area contributed by atoms with Crippen LogP contribution in [0.4, 0.5) is 11.4 Å². The number of anilines is 2. The lowest BCUT2D eigenvalue weighted by molar-refractivity contribution is -0.136. The molecule has 0 aliphatic heterocycles. The molecule has 0 aliphatic rings. The van der Waals surface area contributed by atoms with Gasteiger partial charge in [-0.15, -0.1) is 0 Å². The van der Waals surface area contributed by atoms with Crippen LogP contribution >= 0.6 is 0 Å². The Balaban J connectivity index is 1.87. The summed E-state index contributed by atoms with van der Waals surface area (Å²) in [5.41, 5.74) is 2.84. The van der Waals surface area contributed by atoms with Crippen molar-refractivity contribution in [3.63, 3.8) is 0 Å². The van der Waals surface area contributed by atoms with Crippen molar-refractivity contribution in [2.45, 2.75) is 5.60 Å². The summed E-state index contributed by atoms with van der Waals surface area (Å²) in [6.07, 6.45) is 0. The first-order valence-corrected chi connectivity index (χ1v) is 10.8. The van der Waals surface area contributed by atoms with Gasteiger partial charge in [-0.25, -0.2) is 0 Å². The van der Waals surface area contributed by atoms with Gasteiger partial charge in [0.25, 0.3) is 5.91 Å². The fraction of sp³-hybridized carbons (Fsp3) is 0.107. The number of benzene rings is 4. The molecule has 0 radical (unpaired) electrons. The molecule has 0 aromatic heterocycles. The monoisotopic (exact) mass is 454 g/mol. The van der Waals surface area contributed by atoms with E-state index < -0.39 is 11.5 Å². The molecule has 1 amide bonds. The zero-order chi connectivity index (χ0) is 24.0. The van der Waals surface area contributed by atoms with Crippen molar-refractivity contribution in [1.82, 2.24) is 5.43 Å². The average Bonchev–Trinajstić information content (AvgIpc) is 2.92. The van der Waals surface area contributed by atoms with E-state index in [1.54, 1.807) is 53.5 Å². The Bertz CT molecular complexity index is 1160. The number of hydrogen-bond acceptors (Lipinski definition) is 5. The highest BCUT2D eigenvalue weighted by Gasteiger charge is 2.45. The van der Waals surface area contributed by atoms with Crippen molar-refractivity contribution in [2.24, 2.45) is 0 Å². The highest BCUT2D eigenvalue weighted by molar-refractivity contribution is 5.93. The topological polar surface area (TPSA) is 71.0 Å². The summed E-state index contributed by atoms with van der Waals surface area (Å²) in [6.45, 7) is 0. The van der Waals surface area contributed by atoms with Gasteiger partial charge < -0.3 is 14.6 Å². The Morgan fingerprint density at radius 3 is 1.47 bits per heavy atom. The molecule has 172 valence electrons. The Morgan fingerprint density at radius 1 is 0.676 bits per heavy atom. The summed E-state index contributed by atoms with van der Waals surface area (Å²) in [4.78, 5) is 14.0. The van der Waals surface area contributed by atoms with E-state index in [9.17, 15) is 9.90 Å². The molecule has 6 nitrogen and oxygen atoms in total. The Morgan fingerprint density at radius 2 is 1.06 bits per heavy atom. The van der Waals surface area contributed by atoms with E-state index in [-0.39, 0.29) is 0 Å². The van der Waals surface area contributed by atoms with Crippen molar-refractivity contribution in [1.29, 1.82) is 0 Å². The summed E-state index contributed by atoms with van der Waals surface area (Å²) < 4.78 is 11.0. The number of hydrazine groups is 1. The molecule has 4 rings (SSSR count). The number of amides is 1. The van der Waals surface area contributed by atoms with Gasteiger partial charge in [-0.2, -0.15) is 0 Å². The molecule has 34 heavy (non-hydrogen) atoms. The van der Waals surface area contributed by atoms with Crippen molar-refractivity contribution < 1.29 is 19.4 Å². The molecule has 2 N–H and O–H groups in total. The van der Waals surface area contributed by atoms with Gasteiger partial charge in [-0.05, 0) is 36.4 Å². The average molecular weight is 455 g/mol. The molecule has 4 aromatic rings. The first-order valence-electron chi connectivity index (χ1n) is 10.8. The molecule has 0 saturated heterocycles. The minimum absolute atomic E-state index is 0.292. The third-order valence-electron chi connectivity index (χ3n) is 5.56. The van der Waals surface area contributed by atoms with E-state index in [0.717, 1.165) is 11.4 Å². The van der Waals surface area contributed by atoms with Crippen molar-refractivity contribution in [2.75, 3.05) is 19.2 Å². The lowest BCUT2D eigenvalue weighted by atomic mass is 9.84. The van der Waals surface area contributed by atoms with E-state index in [1.165, 1.54) is 14.2 Å². The van der Waals surface area contributed by atoms with Crippen molar-refractivity contribution in [3.8, 4) is 11.5 Å². The van der Waals surface area contributed by atoms with Gasteiger partial charge in [0, 0.05) is 11.1 Å². The number of carbonyl (C=O) groups excluding carboxylic acids is 1. The third kappa shape index (κ3) is 4.31. The summed E-state index contributed by atoms with van der Waals surface area (Å²) in [5, 5.41) is 13.8. The van der Waals surface area contributed by atoms with Crippen molar-refractivity contribution >= 4 is 17.3 Å². The molecular formula is C28H26N2O4. The van der Waals surface area contributed by atoms with E-state index in [0.29, 0.717) is 22.6 Å². The fourth-order valence-electron chi connectivity index (χ4n) is 3.89. The number of para-hydroxylation sites is 4. The number of nitrogens with zero attached hydrogens (tertiary/aromatic N) is 1. The molecule has 6 heteroatoms. The van der Waals surface area contributed by atoms with Crippen LogP contribution in [0.1, 0.15) is 11.1 Å². The van der Waals surface area contributed by atoms with Gasteiger partial charge in [0.2, 0.25) is 5.60 Å². The van der Waals surface area contributed by atoms with E-state index in [2.05, 4.69) is 5.43 Å². The smallest absolute Gasteiger partial charge is 0.280 e. The van der Waals surface area contributed by atoms with Crippen LogP contribution in [0, 0.1) is 0 Å². The summed E-state index contributed by atoms with van der Waals surface area (Å²) in [5.74, 6) is 0.0725. The number of carbonyl (C=O) groups is 1. The van der Waals surface area contributed by atoms with Crippen LogP contribution < -0.4 is 19.9 Å². The predicted molar refractivity (Wildman–Crippen MR) is 132 cm³/mol. The number of hydrogen-bond donors (Lipinski definition) is 2. The van der Waals surface area contributed by atoms with Gasteiger partial charge in [-0.3, -0.25) is 15.2 Å². The standard InChI is InChI=1S/C28H26N2O4/c1-33-25-19-11-9-17-23(25)28(32,24-18-10-12-20-26(24)34-2)27(31)29-30(21-13-5-3-6-14-21)22-15-7-4-8-16-22/h3-20,32H,1-2H3,(H,29,31). The van der Waals surface area contributed by atoms with Crippen LogP contribution in [0.5, 0.6) is 11.5 Å². The first kappa shape index (κ1) is 22.9. The zero-order valence-corrected chi connectivity index (χ0v) is 19.0. The van der Waals surface area contributed by atoms with Gasteiger partial charge in [0.05, 0.1) is 25.6 Å². The van der Waals surface area contributed by atoms with Gasteiger partial charge in [-0.1, -0.05) is 72.8 Å². The van der Waals surface area contributed by atoms with Gasteiger partial charge >= 0.3 is 0 Å². The molecular weight excluding hydrogens is 428 g/mol. The summed E-state index contributed by atoms with van der Waals surface area (Å²) in [7, 11) is 3.00. The maximum atomic E-state index is 14.0. The lowest BCUT2D eigenvalue weighted by Gasteiger charge is -2.34. The van der Waals surface area contributed by atoms with E-state index in [1.807, 2.05) is 60.7 Å². The largest absolute Gasteiger partial charge is 0.496 e.